The number of rotatable bonds is 6. The number of hydrogen-bond donors (Lipinski definition) is 1. The lowest BCUT2D eigenvalue weighted by atomic mass is 10.0. The molecule has 0 saturated heterocycles. The number of aryl methyl sites for hydroxylation is 2. The van der Waals surface area contributed by atoms with Gasteiger partial charge in [-0.3, -0.25) is 0 Å². The van der Waals surface area contributed by atoms with Crippen molar-refractivity contribution in [3.8, 4) is 11.5 Å². The van der Waals surface area contributed by atoms with Crippen LogP contribution in [0.15, 0.2) is 45.6 Å². The zero-order valence-electron chi connectivity index (χ0n) is 15.1. The molecule has 3 rings (SSSR count). The third kappa shape index (κ3) is 4.02. The molecule has 1 aromatic heterocycles. The molecule has 0 amide bonds. The Morgan fingerprint density at radius 1 is 1.11 bits per heavy atom. The highest BCUT2D eigenvalue weighted by Gasteiger charge is 2.13. The first-order valence-corrected chi connectivity index (χ1v) is 8.28. The highest BCUT2D eigenvalue weighted by atomic mass is 19.3. The first-order valence-electron chi connectivity index (χ1n) is 8.28. The van der Waals surface area contributed by atoms with Gasteiger partial charge in [0.1, 0.15) is 5.58 Å². The minimum atomic E-state index is -2.96. The van der Waals surface area contributed by atoms with E-state index in [0.29, 0.717) is 17.8 Å². The Kier molecular flexibility index (Phi) is 5.30. The largest absolute Gasteiger partial charge is 0.493 e. The lowest BCUT2D eigenvalue weighted by molar-refractivity contribution is -0.0511. The molecule has 142 valence electrons. The maximum absolute atomic E-state index is 12.6. The molecule has 0 bridgehead atoms. The second kappa shape index (κ2) is 7.65. The van der Waals surface area contributed by atoms with Crippen molar-refractivity contribution in [3.63, 3.8) is 0 Å². The van der Waals surface area contributed by atoms with Crippen LogP contribution in [0.1, 0.15) is 16.7 Å². The number of fused-ring (bicyclic) bond motifs is 1. The van der Waals surface area contributed by atoms with Crippen LogP contribution in [0.2, 0.25) is 0 Å². The Bertz CT molecular complexity index is 1030. The maximum atomic E-state index is 12.6. The van der Waals surface area contributed by atoms with Crippen molar-refractivity contribution >= 4 is 16.7 Å². The monoisotopic (exact) mass is 375 g/mol. The summed E-state index contributed by atoms with van der Waals surface area (Å²) in [5, 5.41) is 3.94. The Hall–Kier alpha value is -3.09. The molecule has 2 aromatic carbocycles. The number of halogens is 2. The number of alkyl halides is 2. The van der Waals surface area contributed by atoms with E-state index in [9.17, 15) is 13.6 Å². The Morgan fingerprint density at radius 2 is 1.89 bits per heavy atom. The number of ether oxygens (including phenoxy) is 2. The van der Waals surface area contributed by atoms with Crippen LogP contribution in [0.25, 0.3) is 11.0 Å². The number of nitrogens with one attached hydrogen (secondary N) is 1. The van der Waals surface area contributed by atoms with E-state index in [2.05, 4.69) is 10.1 Å². The molecule has 0 saturated carbocycles. The van der Waals surface area contributed by atoms with Crippen LogP contribution in [0.4, 0.5) is 14.5 Å². The molecule has 0 aliphatic carbocycles. The predicted molar refractivity (Wildman–Crippen MR) is 98.9 cm³/mol. The van der Waals surface area contributed by atoms with Gasteiger partial charge in [0.25, 0.3) is 0 Å². The molecule has 0 fully saturated rings. The molecule has 0 aliphatic heterocycles. The summed E-state index contributed by atoms with van der Waals surface area (Å²) < 4.78 is 40.0. The summed E-state index contributed by atoms with van der Waals surface area (Å²) in [7, 11) is 1.38. The lowest BCUT2D eigenvalue weighted by Crippen LogP contribution is -2.07. The fourth-order valence-corrected chi connectivity index (χ4v) is 2.84. The van der Waals surface area contributed by atoms with E-state index in [0.717, 1.165) is 22.1 Å². The molecule has 1 N–H and O–H groups in total. The molecule has 5 nitrogen and oxygen atoms in total. The summed E-state index contributed by atoms with van der Waals surface area (Å²) in [5.41, 5.74) is 3.34. The van der Waals surface area contributed by atoms with Crippen molar-refractivity contribution < 1.29 is 22.7 Å². The average molecular weight is 375 g/mol. The van der Waals surface area contributed by atoms with Gasteiger partial charge in [0.15, 0.2) is 11.5 Å². The van der Waals surface area contributed by atoms with Crippen LogP contribution in [0.5, 0.6) is 11.5 Å². The maximum Gasteiger partial charge on any atom is 0.387 e. The predicted octanol–water partition coefficient (Wildman–Crippen LogP) is 4.63. The molecule has 3 aromatic rings. The van der Waals surface area contributed by atoms with Crippen LogP contribution in [-0.4, -0.2) is 13.7 Å². The van der Waals surface area contributed by atoms with Crippen LogP contribution < -0.4 is 20.4 Å². The minimum absolute atomic E-state index is 0.0681. The first kappa shape index (κ1) is 18.7. The van der Waals surface area contributed by atoms with Gasteiger partial charge in [0.2, 0.25) is 0 Å². The zero-order chi connectivity index (χ0) is 19.6. The average Bonchev–Trinajstić information content (AvgIpc) is 2.63. The van der Waals surface area contributed by atoms with E-state index in [-0.39, 0.29) is 11.5 Å². The molecule has 0 radical (unpaired) electrons. The fourth-order valence-electron chi connectivity index (χ4n) is 2.84. The highest BCUT2D eigenvalue weighted by Crippen LogP contribution is 2.32. The van der Waals surface area contributed by atoms with Gasteiger partial charge in [-0.05, 0) is 42.7 Å². The van der Waals surface area contributed by atoms with Gasteiger partial charge in [-0.2, -0.15) is 8.78 Å². The van der Waals surface area contributed by atoms with Crippen molar-refractivity contribution in [1.82, 2.24) is 0 Å². The number of methoxy groups -OCH3 is 1. The van der Waals surface area contributed by atoms with Crippen LogP contribution in [0.3, 0.4) is 0 Å². The smallest absolute Gasteiger partial charge is 0.387 e. The summed E-state index contributed by atoms with van der Waals surface area (Å²) in [6.07, 6.45) is 0. The number of benzene rings is 2. The number of anilines is 1. The van der Waals surface area contributed by atoms with Crippen LogP contribution >= 0.6 is 0 Å². The topological polar surface area (TPSA) is 60.7 Å². The summed E-state index contributed by atoms with van der Waals surface area (Å²) in [4.78, 5) is 11.9. The summed E-state index contributed by atoms with van der Waals surface area (Å²) in [5.74, 6) is 0.138. The van der Waals surface area contributed by atoms with Gasteiger partial charge in [-0.25, -0.2) is 4.79 Å². The molecular weight excluding hydrogens is 356 g/mol. The molecule has 27 heavy (non-hydrogen) atoms. The van der Waals surface area contributed by atoms with Crippen molar-refractivity contribution in [2.24, 2.45) is 0 Å². The summed E-state index contributed by atoms with van der Waals surface area (Å²) in [6.45, 7) is 1.20. The van der Waals surface area contributed by atoms with E-state index in [1.54, 1.807) is 6.07 Å². The molecule has 7 heteroatoms. The van der Waals surface area contributed by atoms with E-state index >= 15 is 0 Å². The fraction of sp³-hybridized carbons (Fsp3) is 0.250. The second-order valence-corrected chi connectivity index (χ2v) is 6.07. The normalized spacial score (nSPS) is 11.0. The Balaban J connectivity index is 1.91. The van der Waals surface area contributed by atoms with Crippen molar-refractivity contribution in [1.29, 1.82) is 0 Å². The quantitative estimate of drug-likeness (QED) is 0.637. The Labute approximate surface area is 154 Å². The van der Waals surface area contributed by atoms with Crippen LogP contribution in [-0.2, 0) is 6.54 Å². The molecule has 0 atom stereocenters. The third-order valence-corrected chi connectivity index (χ3v) is 4.38. The molecule has 0 spiro atoms. The zero-order valence-corrected chi connectivity index (χ0v) is 15.1. The van der Waals surface area contributed by atoms with E-state index in [4.69, 9.17) is 9.15 Å². The van der Waals surface area contributed by atoms with Crippen molar-refractivity contribution in [3.05, 3.63) is 63.5 Å². The van der Waals surface area contributed by atoms with Gasteiger partial charge in [0, 0.05) is 29.8 Å². The molecule has 0 aliphatic rings. The van der Waals surface area contributed by atoms with E-state index in [1.165, 1.54) is 25.3 Å². The Morgan fingerprint density at radius 3 is 2.59 bits per heavy atom. The second-order valence-electron chi connectivity index (χ2n) is 6.07. The number of hydrogen-bond acceptors (Lipinski definition) is 5. The molecule has 1 heterocycles. The van der Waals surface area contributed by atoms with Gasteiger partial charge in [-0.1, -0.05) is 12.1 Å². The SMILES string of the molecule is COc1ccc(NCc2cc(=O)oc3c(C)c(C)ccc23)cc1OC(F)F. The first-order chi connectivity index (χ1) is 12.9. The van der Waals surface area contributed by atoms with E-state index < -0.39 is 12.2 Å². The molecular formula is C20H19F2NO4. The highest BCUT2D eigenvalue weighted by molar-refractivity contribution is 5.84. The third-order valence-electron chi connectivity index (χ3n) is 4.38. The minimum Gasteiger partial charge on any atom is -0.493 e. The van der Waals surface area contributed by atoms with Gasteiger partial charge in [0.05, 0.1) is 7.11 Å². The van der Waals surface area contributed by atoms with Gasteiger partial charge < -0.3 is 19.2 Å². The van der Waals surface area contributed by atoms with Crippen LogP contribution in [0, 0.1) is 13.8 Å². The molecule has 0 unspecified atom stereocenters. The van der Waals surface area contributed by atoms with E-state index in [1.807, 2.05) is 26.0 Å². The van der Waals surface area contributed by atoms with Gasteiger partial charge in [-0.15, -0.1) is 0 Å². The standard InChI is InChI=1S/C20H19F2NO4/c1-11-4-6-15-13(8-18(24)27-19(15)12(11)2)10-23-14-5-7-16(25-3)17(9-14)26-20(21)22/h4-9,20,23H,10H2,1-3H3. The summed E-state index contributed by atoms with van der Waals surface area (Å²) in [6, 6.07) is 9.92. The summed E-state index contributed by atoms with van der Waals surface area (Å²) >= 11 is 0. The van der Waals surface area contributed by atoms with Gasteiger partial charge >= 0.3 is 12.2 Å². The lowest BCUT2D eigenvalue weighted by Gasteiger charge is -2.14. The van der Waals surface area contributed by atoms with Crippen molar-refractivity contribution in [2.75, 3.05) is 12.4 Å². The van der Waals surface area contributed by atoms with Crippen molar-refractivity contribution in [2.45, 2.75) is 27.0 Å².